The van der Waals surface area contributed by atoms with Gasteiger partial charge in [0, 0.05) is 6.42 Å². The Labute approximate surface area is 90.1 Å². The van der Waals surface area contributed by atoms with Crippen molar-refractivity contribution in [2.24, 2.45) is 17.8 Å². The zero-order valence-corrected chi connectivity index (χ0v) is 8.98. The van der Waals surface area contributed by atoms with Crippen LogP contribution in [-0.2, 0) is 14.3 Å². The van der Waals surface area contributed by atoms with Crippen molar-refractivity contribution in [3.8, 4) is 0 Å². The zero-order valence-electron chi connectivity index (χ0n) is 8.98. The molecular formula is C12H18O3. The number of hydrogen-bond acceptors (Lipinski definition) is 3. The van der Waals surface area contributed by atoms with E-state index < -0.39 is 5.79 Å². The number of carbonyl (C=O) groups is 1. The molecule has 0 aromatic heterocycles. The molecule has 3 fully saturated rings. The highest BCUT2D eigenvalue weighted by Crippen LogP contribution is 2.53. The Hall–Kier alpha value is -0.410. The van der Waals surface area contributed by atoms with Crippen molar-refractivity contribution < 1.29 is 14.3 Å². The van der Waals surface area contributed by atoms with E-state index in [2.05, 4.69) is 0 Å². The maximum absolute atomic E-state index is 11.3. The monoisotopic (exact) mass is 210 g/mol. The van der Waals surface area contributed by atoms with Crippen LogP contribution < -0.4 is 0 Å². The molecule has 1 saturated heterocycles. The molecule has 3 nitrogen and oxygen atoms in total. The lowest BCUT2D eigenvalue weighted by atomic mass is 9.78. The van der Waals surface area contributed by atoms with Crippen LogP contribution in [-0.4, -0.2) is 25.3 Å². The minimum Gasteiger partial charge on any atom is -0.347 e. The van der Waals surface area contributed by atoms with E-state index in [1.54, 1.807) is 0 Å². The summed E-state index contributed by atoms with van der Waals surface area (Å²) in [5, 5.41) is 0. The van der Waals surface area contributed by atoms with Crippen molar-refractivity contribution in [1.82, 2.24) is 0 Å². The van der Waals surface area contributed by atoms with E-state index in [1.807, 2.05) is 0 Å². The smallest absolute Gasteiger partial charge is 0.178 e. The van der Waals surface area contributed by atoms with Gasteiger partial charge in [0.15, 0.2) is 5.79 Å². The van der Waals surface area contributed by atoms with E-state index >= 15 is 0 Å². The van der Waals surface area contributed by atoms with Crippen molar-refractivity contribution in [3.63, 3.8) is 0 Å². The maximum Gasteiger partial charge on any atom is 0.178 e. The van der Waals surface area contributed by atoms with Crippen molar-refractivity contribution in [2.75, 3.05) is 13.2 Å². The highest BCUT2D eigenvalue weighted by molar-refractivity contribution is 5.57. The van der Waals surface area contributed by atoms with Gasteiger partial charge in [0.25, 0.3) is 0 Å². The molecule has 0 unspecified atom stereocenters. The highest BCUT2D eigenvalue weighted by Gasteiger charge is 2.57. The van der Waals surface area contributed by atoms with Gasteiger partial charge in [0.05, 0.1) is 19.1 Å². The second kappa shape index (κ2) is 3.56. The number of ether oxygens (including phenoxy) is 2. The first kappa shape index (κ1) is 9.79. The van der Waals surface area contributed by atoms with Crippen molar-refractivity contribution >= 4 is 6.29 Å². The van der Waals surface area contributed by atoms with Crippen LogP contribution in [0.5, 0.6) is 0 Å². The summed E-state index contributed by atoms with van der Waals surface area (Å²) in [6.07, 6.45) is 7.04. The molecule has 1 heterocycles. The molecule has 3 aliphatic rings. The summed E-state index contributed by atoms with van der Waals surface area (Å²) in [5.41, 5.74) is 0. The first-order valence-electron chi connectivity index (χ1n) is 6.09. The Morgan fingerprint density at radius 3 is 2.60 bits per heavy atom. The molecule has 3 atom stereocenters. The van der Waals surface area contributed by atoms with E-state index in [1.165, 1.54) is 25.7 Å². The predicted octanol–water partition coefficient (Wildman–Crippen LogP) is 1.75. The normalized spacial score (nSPS) is 43.1. The number of hydrogen-bond donors (Lipinski definition) is 0. The Kier molecular flexibility index (Phi) is 2.33. The number of aldehydes is 1. The fourth-order valence-electron chi connectivity index (χ4n) is 3.78. The molecule has 1 aliphatic heterocycles. The van der Waals surface area contributed by atoms with Crippen LogP contribution in [0.2, 0.25) is 0 Å². The van der Waals surface area contributed by atoms with Crippen LogP contribution in [0, 0.1) is 17.8 Å². The fraction of sp³-hybridized carbons (Fsp3) is 0.917. The van der Waals surface area contributed by atoms with Gasteiger partial charge >= 0.3 is 0 Å². The Bertz CT molecular complexity index is 258. The van der Waals surface area contributed by atoms with Crippen molar-refractivity contribution in [2.45, 2.75) is 37.9 Å². The first-order valence-corrected chi connectivity index (χ1v) is 6.09. The number of fused-ring (bicyclic) bond motifs is 1. The van der Waals surface area contributed by atoms with Crippen molar-refractivity contribution in [3.05, 3.63) is 0 Å². The minimum atomic E-state index is -0.526. The largest absolute Gasteiger partial charge is 0.347 e. The lowest BCUT2D eigenvalue weighted by Crippen LogP contribution is -2.37. The second-order valence-electron chi connectivity index (χ2n) is 5.08. The summed E-state index contributed by atoms with van der Waals surface area (Å²) < 4.78 is 11.5. The first-order chi connectivity index (χ1) is 7.36. The minimum absolute atomic E-state index is 0.00898. The van der Waals surface area contributed by atoms with Gasteiger partial charge in [-0.3, -0.25) is 0 Å². The third-order valence-corrected chi connectivity index (χ3v) is 4.41. The fourth-order valence-corrected chi connectivity index (χ4v) is 3.78. The summed E-state index contributed by atoms with van der Waals surface area (Å²) in [6, 6.07) is 0. The third-order valence-electron chi connectivity index (χ3n) is 4.41. The molecule has 0 N–H and O–H groups in total. The molecule has 0 aromatic rings. The summed E-state index contributed by atoms with van der Waals surface area (Å²) >= 11 is 0. The average molecular weight is 210 g/mol. The summed E-state index contributed by atoms with van der Waals surface area (Å²) in [6.45, 7) is 1.31. The van der Waals surface area contributed by atoms with Gasteiger partial charge in [0.1, 0.15) is 6.29 Å². The van der Waals surface area contributed by atoms with Crippen LogP contribution in [0.3, 0.4) is 0 Å². The molecule has 0 bridgehead atoms. The van der Waals surface area contributed by atoms with Crippen LogP contribution in [0.25, 0.3) is 0 Å². The van der Waals surface area contributed by atoms with Crippen LogP contribution >= 0.6 is 0 Å². The van der Waals surface area contributed by atoms with Crippen LogP contribution in [0.4, 0.5) is 0 Å². The summed E-state index contributed by atoms with van der Waals surface area (Å²) in [4.78, 5) is 11.3. The molecule has 0 aromatic carbocycles. The van der Waals surface area contributed by atoms with E-state index in [4.69, 9.17) is 9.47 Å². The van der Waals surface area contributed by atoms with E-state index in [0.717, 1.165) is 12.7 Å². The maximum atomic E-state index is 11.3. The molecule has 84 valence electrons. The highest BCUT2D eigenvalue weighted by atomic mass is 16.7. The molecule has 2 aliphatic carbocycles. The molecular weight excluding hydrogens is 192 g/mol. The van der Waals surface area contributed by atoms with E-state index in [0.29, 0.717) is 25.0 Å². The number of rotatable bonds is 1. The summed E-state index contributed by atoms with van der Waals surface area (Å²) in [7, 11) is 0. The van der Waals surface area contributed by atoms with E-state index in [9.17, 15) is 4.79 Å². The zero-order chi connectivity index (χ0) is 10.3. The van der Waals surface area contributed by atoms with Gasteiger partial charge in [-0.05, 0) is 24.7 Å². The third kappa shape index (κ3) is 1.36. The molecule has 0 radical (unpaired) electrons. The Morgan fingerprint density at radius 1 is 1.13 bits per heavy atom. The van der Waals surface area contributed by atoms with Crippen molar-refractivity contribution in [1.29, 1.82) is 0 Å². The summed E-state index contributed by atoms with van der Waals surface area (Å²) in [5.74, 6) is 0.647. The average Bonchev–Trinajstić information content (AvgIpc) is 2.83. The second-order valence-corrected chi connectivity index (χ2v) is 5.08. The lowest BCUT2D eigenvalue weighted by Gasteiger charge is -2.29. The van der Waals surface area contributed by atoms with Gasteiger partial charge in [-0.2, -0.15) is 0 Å². The van der Waals surface area contributed by atoms with E-state index in [-0.39, 0.29) is 5.92 Å². The molecule has 15 heavy (non-hydrogen) atoms. The molecule has 2 saturated carbocycles. The Balaban J connectivity index is 1.87. The standard InChI is InChI=1S/C12H18O3/c13-8-11-10-4-2-1-3-9(10)7-12(11)14-5-6-15-12/h8-11H,1-7H2/t9-,10-,11+/m0/s1. The Morgan fingerprint density at radius 2 is 1.87 bits per heavy atom. The quantitative estimate of drug-likeness (QED) is 0.619. The van der Waals surface area contributed by atoms with Gasteiger partial charge in [0.2, 0.25) is 0 Å². The van der Waals surface area contributed by atoms with Gasteiger partial charge in [-0.1, -0.05) is 12.8 Å². The van der Waals surface area contributed by atoms with Crippen LogP contribution in [0.1, 0.15) is 32.1 Å². The lowest BCUT2D eigenvalue weighted by molar-refractivity contribution is -0.184. The molecule has 3 heteroatoms. The van der Waals surface area contributed by atoms with Gasteiger partial charge in [-0.15, -0.1) is 0 Å². The number of carbonyl (C=O) groups excluding carboxylic acids is 1. The molecule has 1 spiro atoms. The topological polar surface area (TPSA) is 35.5 Å². The predicted molar refractivity (Wildman–Crippen MR) is 54.3 cm³/mol. The van der Waals surface area contributed by atoms with Gasteiger partial charge in [-0.25, -0.2) is 0 Å². The SMILES string of the molecule is O=C[C@@H]1[C@H]2CCCC[C@H]2CC12OCCO2. The molecule has 0 amide bonds. The molecule has 3 rings (SSSR count). The van der Waals surface area contributed by atoms with Crippen LogP contribution in [0.15, 0.2) is 0 Å². The van der Waals surface area contributed by atoms with Gasteiger partial charge < -0.3 is 14.3 Å².